The lowest BCUT2D eigenvalue weighted by Gasteiger charge is -2.03. The maximum absolute atomic E-state index is 9.44. The quantitative estimate of drug-likeness (QED) is 0.638. The summed E-state index contributed by atoms with van der Waals surface area (Å²) in [6.45, 7) is 0. The fraction of sp³-hybridized carbons (Fsp3) is 0.0769. The second kappa shape index (κ2) is 5.67. The summed E-state index contributed by atoms with van der Waals surface area (Å²) >= 11 is 0. The summed E-state index contributed by atoms with van der Waals surface area (Å²) in [6.07, 6.45) is 3.30. The molecular formula is C13H13N3O2. The third-order valence-electron chi connectivity index (χ3n) is 2.26. The van der Waals surface area contributed by atoms with E-state index in [2.05, 4.69) is 15.5 Å². The maximum Gasteiger partial charge on any atom is 0.161 e. The number of aromatic nitrogens is 1. The molecule has 0 atom stereocenters. The van der Waals surface area contributed by atoms with Gasteiger partial charge in [0.1, 0.15) is 5.82 Å². The van der Waals surface area contributed by atoms with Crippen LogP contribution in [0.15, 0.2) is 47.7 Å². The number of anilines is 1. The molecule has 2 aromatic rings. The van der Waals surface area contributed by atoms with Gasteiger partial charge in [0.25, 0.3) is 0 Å². The number of phenols is 1. The summed E-state index contributed by atoms with van der Waals surface area (Å²) in [7, 11) is 1.50. The first-order valence-electron chi connectivity index (χ1n) is 5.36. The molecule has 0 aliphatic carbocycles. The highest BCUT2D eigenvalue weighted by molar-refractivity contribution is 5.81. The molecule has 5 nitrogen and oxygen atoms in total. The normalized spacial score (nSPS) is 10.5. The van der Waals surface area contributed by atoms with E-state index in [4.69, 9.17) is 4.74 Å². The van der Waals surface area contributed by atoms with Crippen molar-refractivity contribution < 1.29 is 9.84 Å². The second-order valence-corrected chi connectivity index (χ2v) is 3.52. The topological polar surface area (TPSA) is 66.7 Å². The number of hydrogen-bond acceptors (Lipinski definition) is 5. The van der Waals surface area contributed by atoms with Crippen LogP contribution in [0.2, 0.25) is 0 Å². The third kappa shape index (κ3) is 2.98. The highest BCUT2D eigenvalue weighted by Crippen LogP contribution is 2.25. The van der Waals surface area contributed by atoms with E-state index < -0.39 is 0 Å². The fourth-order valence-electron chi connectivity index (χ4n) is 1.38. The summed E-state index contributed by atoms with van der Waals surface area (Å²) in [5, 5.41) is 13.5. The largest absolute Gasteiger partial charge is 0.504 e. The first-order chi connectivity index (χ1) is 8.79. The van der Waals surface area contributed by atoms with E-state index >= 15 is 0 Å². The van der Waals surface area contributed by atoms with E-state index in [-0.39, 0.29) is 5.75 Å². The van der Waals surface area contributed by atoms with E-state index in [0.29, 0.717) is 11.6 Å². The maximum atomic E-state index is 9.44. The van der Waals surface area contributed by atoms with Crippen LogP contribution in [-0.2, 0) is 0 Å². The Bertz CT molecular complexity index is 541. The van der Waals surface area contributed by atoms with Crippen molar-refractivity contribution in [3.63, 3.8) is 0 Å². The minimum atomic E-state index is 0.104. The van der Waals surface area contributed by atoms with Crippen LogP contribution in [0.5, 0.6) is 11.5 Å². The zero-order valence-corrected chi connectivity index (χ0v) is 9.87. The molecule has 0 saturated carbocycles. The summed E-state index contributed by atoms with van der Waals surface area (Å²) in [5.74, 6) is 1.18. The predicted molar refractivity (Wildman–Crippen MR) is 70.1 cm³/mol. The van der Waals surface area contributed by atoms with Gasteiger partial charge in [0.05, 0.1) is 13.3 Å². The minimum Gasteiger partial charge on any atom is -0.504 e. The van der Waals surface area contributed by atoms with Crippen molar-refractivity contribution in [2.75, 3.05) is 12.5 Å². The molecule has 0 fully saturated rings. The molecule has 1 aromatic heterocycles. The number of aromatic hydroxyl groups is 1. The van der Waals surface area contributed by atoms with Crippen LogP contribution < -0.4 is 10.2 Å². The number of benzene rings is 1. The smallest absolute Gasteiger partial charge is 0.161 e. The van der Waals surface area contributed by atoms with Crippen LogP contribution in [0.25, 0.3) is 0 Å². The molecule has 0 amide bonds. The molecule has 92 valence electrons. The van der Waals surface area contributed by atoms with Crippen LogP contribution in [0.4, 0.5) is 5.82 Å². The lowest BCUT2D eigenvalue weighted by Crippen LogP contribution is -1.93. The van der Waals surface area contributed by atoms with Crippen LogP contribution in [0, 0.1) is 0 Å². The van der Waals surface area contributed by atoms with Crippen LogP contribution in [0.1, 0.15) is 5.56 Å². The number of pyridine rings is 1. The average Bonchev–Trinajstić information content (AvgIpc) is 2.42. The number of rotatable bonds is 4. The van der Waals surface area contributed by atoms with Gasteiger partial charge in [-0.3, -0.25) is 5.43 Å². The molecule has 0 aliphatic rings. The number of methoxy groups -OCH3 is 1. The Balaban J connectivity index is 2.05. The number of ether oxygens (including phenoxy) is 1. The van der Waals surface area contributed by atoms with Gasteiger partial charge in [-0.05, 0) is 35.9 Å². The number of hydrazone groups is 1. The summed E-state index contributed by atoms with van der Waals surface area (Å²) in [6, 6.07) is 10.5. The molecular weight excluding hydrogens is 230 g/mol. The van der Waals surface area contributed by atoms with E-state index in [0.717, 1.165) is 5.56 Å². The van der Waals surface area contributed by atoms with Gasteiger partial charge in [-0.1, -0.05) is 6.07 Å². The van der Waals surface area contributed by atoms with Crippen LogP contribution >= 0.6 is 0 Å². The Kier molecular flexibility index (Phi) is 3.76. The van der Waals surface area contributed by atoms with Crippen molar-refractivity contribution in [1.82, 2.24) is 4.98 Å². The molecule has 0 radical (unpaired) electrons. The number of nitrogens with one attached hydrogen (secondary N) is 1. The van der Waals surface area contributed by atoms with Crippen LogP contribution in [0.3, 0.4) is 0 Å². The monoisotopic (exact) mass is 243 g/mol. The lowest BCUT2D eigenvalue weighted by molar-refractivity contribution is 0.373. The van der Waals surface area contributed by atoms with E-state index in [9.17, 15) is 5.11 Å². The molecule has 5 heteroatoms. The SMILES string of the molecule is COc1cc(/C=N\Nc2ccccn2)ccc1O. The number of phenolic OH excluding ortho intramolecular Hbond substituents is 1. The Hall–Kier alpha value is -2.56. The standard InChI is InChI=1S/C13H13N3O2/c1-18-12-8-10(5-6-11(12)17)9-15-16-13-4-2-3-7-14-13/h2-9,17H,1H3,(H,14,16)/b15-9-. The molecule has 0 bridgehead atoms. The average molecular weight is 243 g/mol. The molecule has 0 saturated heterocycles. The Morgan fingerprint density at radius 3 is 2.94 bits per heavy atom. The minimum absolute atomic E-state index is 0.104. The lowest BCUT2D eigenvalue weighted by atomic mass is 10.2. The Morgan fingerprint density at radius 2 is 2.22 bits per heavy atom. The Labute approximate surface area is 105 Å². The van der Waals surface area contributed by atoms with E-state index in [1.165, 1.54) is 7.11 Å². The molecule has 2 N–H and O–H groups in total. The van der Waals surface area contributed by atoms with Crippen molar-refractivity contribution in [2.45, 2.75) is 0 Å². The fourth-order valence-corrected chi connectivity index (χ4v) is 1.38. The van der Waals surface area contributed by atoms with Crippen molar-refractivity contribution >= 4 is 12.0 Å². The molecule has 18 heavy (non-hydrogen) atoms. The summed E-state index contributed by atoms with van der Waals surface area (Å²) < 4.78 is 5.01. The van der Waals surface area contributed by atoms with Gasteiger partial charge >= 0.3 is 0 Å². The molecule has 0 unspecified atom stereocenters. The Morgan fingerprint density at radius 1 is 1.33 bits per heavy atom. The zero-order chi connectivity index (χ0) is 12.8. The van der Waals surface area contributed by atoms with Crippen molar-refractivity contribution in [3.05, 3.63) is 48.2 Å². The zero-order valence-electron chi connectivity index (χ0n) is 9.87. The third-order valence-corrected chi connectivity index (χ3v) is 2.26. The van der Waals surface area contributed by atoms with Gasteiger partial charge in [0.15, 0.2) is 11.5 Å². The first-order valence-corrected chi connectivity index (χ1v) is 5.36. The molecule has 1 heterocycles. The number of nitrogens with zero attached hydrogens (tertiary/aromatic N) is 2. The van der Waals surface area contributed by atoms with E-state index in [1.807, 2.05) is 18.2 Å². The van der Waals surface area contributed by atoms with Gasteiger partial charge in [-0.25, -0.2) is 4.98 Å². The molecule has 2 rings (SSSR count). The van der Waals surface area contributed by atoms with Gasteiger partial charge in [0.2, 0.25) is 0 Å². The van der Waals surface area contributed by atoms with Crippen molar-refractivity contribution in [1.29, 1.82) is 0 Å². The summed E-state index contributed by atoms with van der Waals surface area (Å²) in [5.41, 5.74) is 3.61. The highest BCUT2D eigenvalue weighted by Gasteiger charge is 2.00. The number of hydrogen-bond donors (Lipinski definition) is 2. The van der Waals surface area contributed by atoms with Gasteiger partial charge < -0.3 is 9.84 Å². The second-order valence-electron chi connectivity index (χ2n) is 3.52. The van der Waals surface area contributed by atoms with Crippen molar-refractivity contribution in [2.24, 2.45) is 5.10 Å². The summed E-state index contributed by atoms with van der Waals surface area (Å²) in [4.78, 5) is 4.07. The van der Waals surface area contributed by atoms with Gasteiger partial charge in [-0.15, -0.1) is 0 Å². The van der Waals surface area contributed by atoms with Gasteiger partial charge in [0, 0.05) is 6.20 Å². The highest BCUT2D eigenvalue weighted by atomic mass is 16.5. The van der Waals surface area contributed by atoms with Gasteiger partial charge in [-0.2, -0.15) is 5.10 Å². The molecule has 0 aliphatic heterocycles. The molecule has 0 spiro atoms. The van der Waals surface area contributed by atoms with Crippen LogP contribution in [-0.4, -0.2) is 23.4 Å². The molecule has 1 aromatic carbocycles. The van der Waals surface area contributed by atoms with Crippen molar-refractivity contribution in [3.8, 4) is 11.5 Å². The predicted octanol–water partition coefficient (Wildman–Crippen LogP) is 2.24. The van der Waals surface area contributed by atoms with E-state index in [1.54, 1.807) is 30.6 Å². The first kappa shape index (κ1) is 11.9.